The van der Waals surface area contributed by atoms with E-state index in [2.05, 4.69) is 14.9 Å². The van der Waals surface area contributed by atoms with Crippen molar-refractivity contribution >= 4 is 22.9 Å². The topological polar surface area (TPSA) is 72.3 Å². The molecule has 2 aromatic heterocycles. The van der Waals surface area contributed by atoms with Gasteiger partial charge < -0.3 is 19.5 Å². The summed E-state index contributed by atoms with van der Waals surface area (Å²) in [6.07, 6.45) is 2.63. The maximum absolute atomic E-state index is 12.8. The third-order valence-electron chi connectivity index (χ3n) is 5.64. The molecule has 0 aliphatic carbocycles. The molecule has 7 heteroatoms. The van der Waals surface area contributed by atoms with Gasteiger partial charge in [-0.15, -0.1) is 0 Å². The summed E-state index contributed by atoms with van der Waals surface area (Å²) in [5.74, 6) is 1.65. The van der Waals surface area contributed by atoms with Crippen molar-refractivity contribution in [3.8, 4) is 17.1 Å². The van der Waals surface area contributed by atoms with Crippen LogP contribution in [0.25, 0.3) is 22.6 Å². The van der Waals surface area contributed by atoms with Gasteiger partial charge in [-0.3, -0.25) is 0 Å². The quantitative estimate of drug-likeness (QED) is 0.531. The lowest BCUT2D eigenvalue weighted by Crippen LogP contribution is -2.33. The molecule has 31 heavy (non-hydrogen) atoms. The number of para-hydroxylation sites is 1. The molecule has 0 radical (unpaired) electrons. The Balaban J connectivity index is 1.45. The first kappa shape index (κ1) is 19.1. The van der Waals surface area contributed by atoms with Gasteiger partial charge in [-0.05, 0) is 55.0 Å². The number of ether oxygens (including phenoxy) is 1. The molecular formula is C24H23N5O2. The number of imidazole rings is 1. The molecule has 1 unspecified atom stereocenters. The molecule has 0 bridgehead atoms. The predicted molar refractivity (Wildman–Crippen MR) is 120 cm³/mol. The molecule has 0 saturated carbocycles. The minimum atomic E-state index is -0.0860. The van der Waals surface area contributed by atoms with Crippen LogP contribution < -0.4 is 10.1 Å². The maximum Gasteiger partial charge on any atom is 0.321 e. The normalized spacial score (nSPS) is 15.9. The number of fused-ring (bicyclic) bond motifs is 1. The summed E-state index contributed by atoms with van der Waals surface area (Å²) >= 11 is 0. The highest BCUT2D eigenvalue weighted by atomic mass is 16.5. The minimum Gasteiger partial charge on any atom is -0.497 e. The zero-order valence-corrected chi connectivity index (χ0v) is 17.2. The number of rotatable bonds is 4. The molecule has 1 fully saturated rings. The molecular weight excluding hydrogens is 390 g/mol. The van der Waals surface area contributed by atoms with Crippen LogP contribution in [0.2, 0.25) is 0 Å². The van der Waals surface area contributed by atoms with Gasteiger partial charge in [0.05, 0.1) is 13.2 Å². The second-order valence-electron chi connectivity index (χ2n) is 7.56. The number of aromatic nitrogens is 3. The van der Waals surface area contributed by atoms with Crippen LogP contribution in [-0.4, -0.2) is 45.7 Å². The van der Waals surface area contributed by atoms with E-state index in [1.165, 1.54) is 0 Å². The van der Waals surface area contributed by atoms with Crippen LogP contribution in [0, 0.1) is 0 Å². The van der Waals surface area contributed by atoms with Crippen molar-refractivity contribution in [1.82, 2.24) is 19.4 Å². The van der Waals surface area contributed by atoms with E-state index in [9.17, 15) is 4.79 Å². The van der Waals surface area contributed by atoms with E-state index in [0.717, 1.165) is 40.4 Å². The van der Waals surface area contributed by atoms with Gasteiger partial charge in [-0.1, -0.05) is 18.2 Å². The molecule has 5 rings (SSSR count). The average Bonchev–Trinajstić information content (AvgIpc) is 3.44. The Morgan fingerprint density at radius 2 is 1.87 bits per heavy atom. The van der Waals surface area contributed by atoms with E-state index in [-0.39, 0.29) is 12.1 Å². The molecule has 0 spiro atoms. The largest absolute Gasteiger partial charge is 0.497 e. The predicted octanol–water partition coefficient (Wildman–Crippen LogP) is 4.59. The van der Waals surface area contributed by atoms with Crippen LogP contribution in [0.5, 0.6) is 5.75 Å². The van der Waals surface area contributed by atoms with Crippen LogP contribution in [0.3, 0.4) is 0 Å². The number of anilines is 1. The van der Waals surface area contributed by atoms with E-state index in [1.807, 2.05) is 71.6 Å². The Morgan fingerprint density at radius 1 is 1.06 bits per heavy atom. The zero-order valence-electron chi connectivity index (χ0n) is 17.2. The number of urea groups is 1. The van der Waals surface area contributed by atoms with E-state index in [0.29, 0.717) is 13.1 Å². The Morgan fingerprint density at radius 3 is 2.65 bits per heavy atom. The fourth-order valence-electron chi connectivity index (χ4n) is 4.08. The third kappa shape index (κ3) is 3.70. The minimum absolute atomic E-state index is 0.0860. The van der Waals surface area contributed by atoms with Crippen molar-refractivity contribution in [2.45, 2.75) is 12.5 Å². The third-order valence-corrected chi connectivity index (χ3v) is 5.64. The molecule has 156 valence electrons. The molecule has 3 heterocycles. The molecule has 2 amide bonds. The molecule has 7 nitrogen and oxygen atoms in total. The van der Waals surface area contributed by atoms with Crippen LogP contribution in [-0.2, 0) is 0 Å². The number of pyridine rings is 1. The first-order chi connectivity index (χ1) is 15.2. The smallest absolute Gasteiger partial charge is 0.321 e. The second kappa shape index (κ2) is 8.10. The van der Waals surface area contributed by atoms with Gasteiger partial charge in [0.25, 0.3) is 0 Å². The van der Waals surface area contributed by atoms with Gasteiger partial charge in [-0.25, -0.2) is 14.8 Å². The van der Waals surface area contributed by atoms with Crippen LogP contribution >= 0.6 is 0 Å². The molecule has 4 aromatic rings. The van der Waals surface area contributed by atoms with Gasteiger partial charge >= 0.3 is 6.03 Å². The monoisotopic (exact) mass is 413 g/mol. The number of carbonyl (C=O) groups excluding carboxylic acids is 1. The van der Waals surface area contributed by atoms with E-state index >= 15 is 0 Å². The maximum atomic E-state index is 12.8. The Kier molecular flexibility index (Phi) is 5.00. The van der Waals surface area contributed by atoms with Gasteiger partial charge in [0.15, 0.2) is 5.65 Å². The number of hydrogen-bond acceptors (Lipinski definition) is 4. The summed E-state index contributed by atoms with van der Waals surface area (Å²) < 4.78 is 7.47. The summed E-state index contributed by atoms with van der Waals surface area (Å²) in [6.45, 7) is 1.28. The molecule has 1 atom stereocenters. The second-order valence-corrected chi connectivity index (χ2v) is 7.56. The average molecular weight is 413 g/mol. The first-order valence-electron chi connectivity index (χ1n) is 10.3. The first-order valence-corrected chi connectivity index (χ1v) is 10.3. The summed E-state index contributed by atoms with van der Waals surface area (Å²) in [7, 11) is 1.65. The summed E-state index contributed by atoms with van der Waals surface area (Å²) in [5, 5.41) is 2.98. The van der Waals surface area contributed by atoms with Crippen molar-refractivity contribution in [1.29, 1.82) is 0 Å². The number of benzene rings is 2. The highest BCUT2D eigenvalue weighted by molar-refractivity contribution is 5.89. The van der Waals surface area contributed by atoms with Crippen molar-refractivity contribution in [3.05, 3.63) is 72.9 Å². The van der Waals surface area contributed by atoms with Crippen molar-refractivity contribution < 1.29 is 9.53 Å². The summed E-state index contributed by atoms with van der Waals surface area (Å²) in [5.41, 5.74) is 3.47. The highest BCUT2D eigenvalue weighted by Crippen LogP contribution is 2.33. The Bertz CT molecular complexity index is 1200. The Hall–Kier alpha value is -3.87. The molecule has 2 aromatic carbocycles. The molecule has 1 N–H and O–H groups in total. The van der Waals surface area contributed by atoms with E-state index in [1.54, 1.807) is 13.3 Å². The van der Waals surface area contributed by atoms with E-state index in [4.69, 9.17) is 9.72 Å². The lowest BCUT2D eigenvalue weighted by atomic mass is 10.2. The van der Waals surface area contributed by atoms with Crippen LogP contribution in [0.4, 0.5) is 10.5 Å². The fourth-order valence-corrected chi connectivity index (χ4v) is 4.08. The number of nitrogens with zero attached hydrogens (tertiary/aromatic N) is 4. The standard InChI is InChI=1S/C24H23N5O2/c1-31-20-11-9-17(10-12-20)22-27-21-8-5-14-25-23(21)29(22)19-13-15-28(16-19)24(30)26-18-6-3-2-4-7-18/h2-12,14,19H,13,15-16H2,1H3,(H,26,30). The van der Waals surface area contributed by atoms with Crippen molar-refractivity contribution in [3.63, 3.8) is 0 Å². The summed E-state index contributed by atoms with van der Waals surface area (Å²) in [4.78, 5) is 24.1. The fraction of sp³-hybridized carbons (Fsp3) is 0.208. The van der Waals surface area contributed by atoms with Gasteiger partial charge in [0, 0.05) is 30.5 Å². The van der Waals surface area contributed by atoms with Crippen molar-refractivity contribution in [2.75, 3.05) is 25.5 Å². The van der Waals surface area contributed by atoms with E-state index < -0.39 is 0 Å². The van der Waals surface area contributed by atoms with Crippen LogP contribution in [0.15, 0.2) is 72.9 Å². The molecule has 1 aliphatic rings. The van der Waals surface area contributed by atoms with Gasteiger partial charge in [0.1, 0.15) is 17.1 Å². The van der Waals surface area contributed by atoms with Crippen LogP contribution in [0.1, 0.15) is 12.5 Å². The Labute approximate surface area is 180 Å². The number of likely N-dealkylation sites (tertiary alicyclic amines) is 1. The van der Waals surface area contributed by atoms with Crippen molar-refractivity contribution in [2.24, 2.45) is 0 Å². The molecule has 1 saturated heterocycles. The highest BCUT2D eigenvalue weighted by Gasteiger charge is 2.31. The number of nitrogens with one attached hydrogen (secondary N) is 1. The zero-order chi connectivity index (χ0) is 21.2. The lowest BCUT2D eigenvalue weighted by molar-refractivity contribution is 0.221. The lowest BCUT2D eigenvalue weighted by Gasteiger charge is -2.19. The molecule has 1 aliphatic heterocycles. The number of hydrogen-bond donors (Lipinski definition) is 1. The summed E-state index contributed by atoms with van der Waals surface area (Å²) in [6, 6.07) is 21.3. The number of methoxy groups -OCH3 is 1. The number of amides is 2. The van der Waals surface area contributed by atoms with Gasteiger partial charge in [-0.2, -0.15) is 0 Å². The SMILES string of the molecule is COc1ccc(-c2nc3cccnc3n2C2CCN(C(=O)Nc3ccccc3)C2)cc1. The van der Waals surface area contributed by atoms with Gasteiger partial charge in [0.2, 0.25) is 0 Å². The number of carbonyl (C=O) groups is 1.